The minimum Gasteiger partial charge on any atom is -0.490 e. The molecular formula is C18H17BrN2O3. The van der Waals surface area contributed by atoms with Crippen LogP contribution < -0.4 is 10.1 Å². The van der Waals surface area contributed by atoms with Gasteiger partial charge in [-0.05, 0) is 59.6 Å². The summed E-state index contributed by atoms with van der Waals surface area (Å²) in [6, 6.07) is 9.02. The van der Waals surface area contributed by atoms with Crippen LogP contribution in [0, 0.1) is 0 Å². The number of nitrogens with zero attached hydrogens (tertiary/aromatic N) is 1. The van der Waals surface area contributed by atoms with Crippen LogP contribution in [0.2, 0.25) is 0 Å². The second-order valence-electron chi connectivity index (χ2n) is 5.64. The number of benzene rings is 1. The molecule has 2 heterocycles. The Balaban J connectivity index is 1.86. The maximum absolute atomic E-state index is 12.5. The molecule has 0 atom stereocenters. The zero-order valence-corrected chi connectivity index (χ0v) is 15.0. The molecule has 2 aromatic heterocycles. The molecule has 1 N–H and O–H groups in total. The SMILES string of the molecule is CC(C)Oc1cc(C(=O)NCc2ccncc2)cc2oc(Br)cc12. The monoisotopic (exact) mass is 388 g/mol. The molecule has 0 saturated heterocycles. The Kier molecular flexibility index (Phi) is 4.85. The fraction of sp³-hybridized carbons (Fsp3) is 0.222. The van der Waals surface area contributed by atoms with Crippen LogP contribution in [0.25, 0.3) is 11.0 Å². The first-order valence-electron chi connectivity index (χ1n) is 7.60. The van der Waals surface area contributed by atoms with Crippen LogP contribution in [0.5, 0.6) is 5.75 Å². The highest BCUT2D eigenvalue weighted by Gasteiger charge is 2.15. The van der Waals surface area contributed by atoms with Crippen molar-refractivity contribution in [3.63, 3.8) is 0 Å². The fourth-order valence-electron chi connectivity index (χ4n) is 2.34. The highest BCUT2D eigenvalue weighted by molar-refractivity contribution is 9.10. The molecule has 0 unspecified atom stereocenters. The van der Waals surface area contributed by atoms with Crippen LogP contribution in [-0.2, 0) is 6.54 Å². The summed E-state index contributed by atoms with van der Waals surface area (Å²) >= 11 is 3.32. The molecule has 1 aromatic carbocycles. The van der Waals surface area contributed by atoms with Crippen LogP contribution in [0.15, 0.2) is 51.8 Å². The number of hydrogen-bond donors (Lipinski definition) is 1. The summed E-state index contributed by atoms with van der Waals surface area (Å²) in [6.45, 7) is 4.32. The molecule has 124 valence electrons. The molecule has 0 aliphatic heterocycles. The Morgan fingerprint density at radius 2 is 2.04 bits per heavy atom. The minimum absolute atomic E-state index is 0.00277. The molecule has 0 radical (unpaired) electrons. The van der Waals surface area contributed by atoms with Crippen molar-refractivity contribution in [2.24, 2.45) is 0 Å². The summed E-state index contributed by atoms with van der Waals surface area (Å²) in [7, 11) is 0. The summed E-state index contributed by atoms with van der Waals surface area (Å²) in [5.41, 5.74) is 2.09. The van der Waals surface area contributed by atoms with Gasteiger partial charge in [0.1, 0.15) is 11.3 Å². The summed E-state index contributed by atoms with van der Waals surface area (Å²) in [4.78, 5) is 16.4. The quantitative estimate of drug-likeness (QED) is 0.707. The van der Waals surface area contributed by atoms with Gasteiger partial charge in [0, 0.05) is 30.6 Å². The number of halogens is 1. The Morgan fingerprint density at radius 3 is 2.75 bits per heavy atom. The van der Waals surface area contributed by atoms with E-state index in [4.69, 9.17) is 9.15 Å². The molecule has 3 rings (SSSR count). The molecule has 3 aromatic rings. The molecule has 0 bridgehead atoms. The van der Waals surface area contributed by atoms with Crippen molar-refractivity contribution in [2.75, 3.05) is 0 Å². The first-order chi connectivity index (χ1) is 11.5. The Labute approximate surface area is 148 Å². The first kappa shape index (κ1) is 16.5. The van der Waals surface area contributed by atoms with Gasteiger partial charge in [-0.3, -0.25) is 9.78 Å². The highest BCUT2D eigenvalue weighted by Crippen LogP contribution is 2.33. The van der Waals surface area contributed by atoms with Gasteiger partial charge in [0.2, 0.25) is 0 Å². The summed E-state index contributed by atoms with van der Waals surface area (Å²) in [5.74, 6) is 0.445. The lowest BCUT2D eigenvalue weighted by Crippen LogP contribution is -2.22. The number of carbonyl (C=O) groups is 1. The van der Waals surface area contributed by atoms with E-state index in [1.54, 1.807) is 24.5 Å². The van der Waals surface area contributed by atoms with Gasteiger partial charge in [0.25, 0.3) is 5.91 Å². The van der Waals surface area contributed by atoms with Crippen molar-refractivity contribution in [1.29, 1.82) is 0 Å². The fourth-order valence-corrected chi connectivity index (χ4v) is 2.75. The molecule has 0 aliphatic carbocycles. The number of rotatable bonds is 5. The smallest absolute Gasteiger partial charge is 0.251 e. The molecule has 0 saturated carbocycles. The zero-order valence-electron chi connectivity index (χ0n) is 13.4. The molecule has 6 heteroatoms. The summed E-state index contributed by atoms with van der Waals surface area (Å²) in [6.07, 6.45) is 3.39. The van der Waals surface area contributed by atoms with Crippen molar-refractivity contribution in [1.82, 2.24) is 10.3 Å². The van der Waals surface area contributed by atoms with E-state index in [-0.39, 0.29) is 12.0 Å². The number of pyridine rings is 1. The topological polar surface area (TPSA) is 64.4 Å². The Bertz CT molecular complexity index is 859. The average Bonchev–Trinajstić information content (AvgIpc) is 2.93. The van der Waals surface area contributed by atoms with Gasteiger partial charge in [-0.15, -0.1) is 0 Å². The molecular weight excluding hydrogens is 372 g/mol. The maximum Gasteiger partial charge on any atom is 0.251 e. The number of aromatic nitrogens is 1. The Hall–Kier alpha value is -2.34. The van der Waals surface area contributed by atoms with Crippen LogP contribution in [0.3, 0.4) is 0 Å². The van der Waals surface area contributed by atoms with Crippen LogP contribution in [-0.4, -0.2) is 17.0 Å². The number of furan rings is 1. The molecule has 0 spiro atoms. The van der Waals surface area contributed by atoms with E-state index in [9.17, 15) is 4.79 Å². The van der Waals surface area contributed by atoms with Crippen molar-refractivity contribution in [3.8, 4) is 5.75 Å². The lowest BCUT2D eigenvalue weighted by molar-refractivity contribution is 0.0950. The van der Waals surface area contributed by atoms with E-state index in [1.165, 1.54) is 0 Å². The molecule has 5 nitrogen and oxygen atoms in total. The third-order valence-electron chi connectivity index (χ3n) is 3.40. The van der Waals surface area contributed by atoms with Gasteiger partial charge in [-0.2, -0.15) is 0 Å². The van der Waals surface area contributed by atoms with Gasteiger partial charge >= 0.3 is 0 Å². The third kappa shape index (κ3) is 3.76. The van der Waals surface area contributed by atoms with Crippen LogP contribution in [0.4, 0.5) is 0 Å². The van der Waals surface area contributed by atoms with Gasteiger partial charge in [0.05, 0.1) is 11.5 Å². The maximum atomic E-state index is 12.5. The van der Waals surface area contributed by atoms with Crippen molar-refractivity contribution >= 4 is 32.8 Å². The highest BCUT2D eigenvalue weighted by atomic mass is 79.9. The standard InChI is InChI=1S/C18H17BrN2O3/c1-11(2)23-15-7-13(8-16-14(15)9-17(19)24-16)18(22)21-10-12-3-5-20-6-4-12/h3-9,11H,10H2,1-2H3,(H,21,22). The molecule has 24 heavy (non-hydrogen) atoms. The van der Waals surface area contributed by atoms with E-state index in [0.717, 1.165) is 10.9 Å². The lowest BCUT2D eigenvalue weighted by Gasteiger charge is -2.12. The van der Waals surface area contributed by atoms with Crippen molar-refractivity contribution in [3.05, 3.63) is 58.5 Å². The molecule has 0 aliphatic rings. The summed E-state index contributed by atoms with van der Waals surface area (Å²) < 4.78 is 12.0. The van der Waals surface area contributed by atoms with Gasteiger partial charge in [-0.25, -0.2) is 0 Å². The third-order valence-corrected chi connectivity index (χ3v) is 3.79. The molecule has 0 fully saturated rings. The van der Waals surface area contributed by atoms with E-state index >= 15 is 0 Å². The number of amides is 1. The summed E-state index contributed by atoms with van der Waals surface area (Å²) in [5, 5.41) is 3.73. The van der Waals surface area contributed by atoms with Gasteiger partial charge in [-0.1, -0.05) is 0 Å². The number of hydrogen-bond acceptors (Lipinski definition) is 4. The van der Waals surface area contributed by atoms with Crippen LogP contribution >= 0.6 is 15.9 Å². The number of carbonyl (C=O) groups excluding carboxylic acids is 1. The number of nitrogens with one attached hydrogen (secondary N) is 1. The zero-order chi connectivity index (χ0) is 17.1. The Morgan fingerprint density at radius 1 is 1.29 bits per heavy atom. The van der Waals surface area contributed by atoms with Crippen LogP contribution in [0.1, 0.15) is 29.8 Å². The van der Waals surface area contributed by atoms with E-state index in [2.05, 4.69) is 26.2 Å². The number of fused-ring (bicyclic) bond motifs is 1. The predicted molar refractivity (Wildman–Crippen MR) is 95.1 cm³/mol. The second kappa shape index (κ2) is 7.05. The first-order valence-corrected chi connectivity index (χ1v) is 8.39. The normalized spacial score (nSPS) is 11.0. The van der Waals surface area contributed by atoms with Gasteiger partial charge < -0.3 is 14.5 Å². The van der Waals surface area contributed by atoms with Crippen molar-refractivity contribution < 1.29 is 13.9 Å². The predicted octanol–water partition coefficient (Wildman–Crippen LogP) is 4.31. The minimum atomic E-state index is -0.185. The lowest BCUT2D eigenvalue weighted by atomic mass is 10.1. The second-order valence-corrected chi connectivity index (χ2v) is 6.42. The number of ether oxygens (including phenoxy) is 1. The molecule has 1 amide bonds. The average molecular weight is 389 g/mol. The van der Waals surface area contributed by atoms with Gasteiger partial charge in [0.15, 0.2) is 4.67 Å². The van der Waals surface area contributed by atoms with E-state index < -0.39 is 0 Å². The van der Waals surface area contributed by atoms with E-state index in [1.807, 2.05) is 32.0 Å². The largest absolute Gasteiger partial charge is 0.490 e. The van der Waals surface area contributed by atoms with Crippen molar-refractivity contribution in [2.45, 2.75) is 26.5 Å². The van der Waals surface area contributed by atoms with E-state index in [0.29, 0.717) is 28.1 Å².